The molecule has 122 valence electrons. The molecule has 6 heteroatoms. The number of aliphatic imine (C=N–C) groups is 1. The highest BCUT2D eigenvalue weighted by Gasteiger charge is 2.09. The Labute approximate surface area is 141 Å². The number of aromatic amines is 1. The molecule has 0 aliphatic heterocycles. The van der Waals surface area contributed by atoms with Crippen LogP contribution in [0.5, 0.6) is 11.6 Å². The number of aromatic nitrogens is 2. The highest BCUT2D eigenvalue weighted by molar-refractivity contribution is 6.03. The van der Waals surface area contributed by atoms with Gasteiger partial charge in [-0.05, 0) is 30.3 Å². The van der Waals surface area contributed by atoms with Crippen molar-refractivity contribution in [1.29, 1.82) is 0 Å². The summed E-state index contributed by atoms with van der Waals surface area (Å²) in [5, 5.41) is 21.8. The third kappa shape index (κ3) is 2.49. The summed E-state index contributed by atoms with van der Waals surface area (Å²) < 4.78 is 0. The van der Waals surface area contributed by atoms with Crippen molar-refractivity contribution in [1.82, 2.24) is 9.97 Å². The number of aromatic hydroxyl groups is 2. The van der Waals surface area contributed by atoms with E-state index in [1.165, 1.54) is 12.3 Å². The molecule has 4 aromatic rings. The zero-order valence-electron chi connectivity index (χ0n) is 13.0. The van der Waals surface area contributed by atoms with Gasteiger partial charge >= 0.3 is 0 Å². The SMILES string of the molecule is O=c1[nH]c(O)c(C=Nc2ccc(O)c3ncccc23)c2ccccc12. The van der Waals surface area contributed by atoms with Gasteiger partial charge in [-0.1, -0.05) is 18.2 Å². The van der Waals surface area contributed by atoms with Gasteiger partial charge in [0.25, 0.3) is 5.56 Å². The largest absolute Gasteiger partial charge is 0.506 e. The smallest absolute Gasteiger partial charge is 0.258 e. The topological polar surface area (TPSA) is 98.6 Å². The lowest BCUT2D eigenvalue weighted by Crippen LogP contribution is -2.07. The summed E-state index contributed by atoms with van der Waals surface area (Å²) in [7, 11) is 0. The van der Waals surface area contributed by atoms with E-state index in [1.54, 1.807) is 48.7 Å². The zero-order chi connectivity index (χ0) is 17.4. The van der Waals surface area contributed by atoms with E-state index in [2.05, 4.69) is 15.0 Å². The van der Waals surface area contributed by atoms with Crippen LogP contribution in [0.15, 0.2) is 64.5 Å². The summed E-state index contributed by atoms with van der Waals surface area (Å²) in [5.41, 5.74) is 1.10. The number of nitrogens with one attached hydrogen (secondary N) is 1. The number of phenols is 1. The lowest BCUT2D eigenvalue weighted by molar-refractivity contribution is 0.452. The normalized spacial score (nSPS) is 11.5. The van der Waals surface area contributed by atoms with E-state index in [1.807, 2.05) is 0 Å². The zero-order valence-corrected chi connectivity index (χ0v) is 13.0. The monoisotopic (exact) mass is 331 g/mol. The maximum atomic E-state index is 11.9. The Bertz CT molecular complexity index is 1200. The summed E-state index contributed by atoms with van der Waals surface area (Å²) in [6.07, 6.45) is 3.09. The van der Waals surface area contributed by atoms with E-state index >= 15 is 0 Å². The molecule has 0 atom stereocenters. The molecule has 0 aliphatic rings. The number of pyridine rings is 2. The second-order valence-electron chi connectivity index (χ2n) is 5.52. The van der Waals surface area contributed by atoms with Gasteiger partial charge in [0.1, 0.15) is 11.3 Å². The molecule has 0 amide bonds. The first-order valence-corrected chi connectivity index (χ1v) is 7.60. The molecule has 4 rings (SSSR count). The molecular weight excluding hydrogens is 318 g/mol. The average molecular weight is 331 g/mol. The molecule has 0 aliphatic carbocycles. The Morgan fingerprint density at radius 2 is 1.72 bits per heavy atom. The van der Waals surface area contributed by atoms with Crippen LogP contribution >= 0.6 is 0 Å². The van der Waals surface area contributed by atoms with Crippen LogP contribution in [0.25, 0.3) is 21.7 Å². The van der Waals surface area contributed by atoms with Crippen molar-refractivity contribution < 1.29 is 10.2 Å². The van der Waals surface area contributed by atoms with Crippen molar-refractivity contribution in [2.45, 2.75) is 0 Å². The summed E-state index contributed by atoms with van der Waals surface area (Å²) in [6.45, 7) is 0. The fourth-order valence-corrected chi connectivity index (χ4v) is 2.81. The minimum Gasteiger partial charge on any atom is -0.506 e. The first-order chi connectivity index (χ1) is 12.1. The predicted octanol–water partition coefficient (Wildman–Crippen LogP) is 3.24. The summed E-state index contributed by atoms with van der Waals surface area (Å²) in [4.78, 5) is 22.9. The number of phenolic OH excluding ortho intramolecular Hbond substituents is 1. The van der Waals surface area contributed by atoms with Gasteiger partial charge < -0.3 is 10.2 Å². The van der Waals surface area contributed by atoms with Gasteiger partial charge in [0.2, 0.25) is 5.88 Å². The van der Waals surface area contributed by atoms with Gasteiger partial charge in [-0.25, -0.2) is 0 Å². The minimum absolute atomic E-state index is 0.0758. The van der Waals surface area contributed by atoms with Crippen molar-refractivity contribution in [3.8, 4) is 11.6 Å². The molecule has 0 fully saturated rings. The minimum atomic E-state index is -0.357. The molecule has 0 unspecified atom stereocenters. The third-order valence-corrected chi connectivity index (χ3v) is 4.01. The van der Waals surface area contributed by atoms with Gasteiger partial charge in [-0.15, -0.1) is 0 Å². The first kappa shape index (κ1) is 14.9. The number of nitrogens with zero attached hydrogens (tertiary/aromatic N) is 2. The van der Waals surface area contributed by atoms with E-state index in [4.69, 9.17) is 0 Å². The molecule has 2 aromatic carbocycles. The maximum Gasteiger partial charge on any atom is 0.258 e. The lowest BCUT2D eigenvalue weighted by Gasteiger charge is -2.05. The number of rotatable bonds is 2. The fourth-order valence-electron chi connectivity index (χ4n) is 2.81. The molecular formula is C19H13N3O3. The Morgan fingerprint density at radius 3 is 2.56 bits per heavy atom. The van der Waals surface area contributed by atoms with E-state index in [0.717, 1.165) is 0 Å². The molecule has 0 radical (unpaired) electrons. The van der Waals surface area contributed by atoms with Gasteiger partial charge in [0.05, 0.1) is 11.3 Å². The van der Waals surface area contributed by atoms with Crippen LogP contribution in [-0.4, -0.2) is 26.4 Å². The van der Waals surface area contributed by atoms with Crippen LogP contribution in [0.2, 0.25) is 0 Å². The van der Waals surface area contributed by atoms with E-state index < -0.39 is 0 Å². The number of H-pyrrole nitrogens is 1. The standard InChI is InChI=1S/C19H13N3O3/c23-16-8-7-15(13-6-3-9-20-17(13)16)21-10-14-11-4-1-2-5-12(11)18(24)22-19(14)25/h1-10,23H,(H2,22,24,25). The third-order valence-electron chi connectivity index (χ3n) is 4.01. The van der Waals surface area contributed by atoms with E-state index in [0.29, 0.717) is 32.9 Å². The molecule has 0 spiro atoms. The van der Waals surface area contributed by atoms with Crippen LogP contribution < -0.4 is 5.56 Å². The number of hydrogen-bond acceptors (Lipinski definition) is 5. The van der Waals surface area contributed by atoms with Crippen LogP contribution in [-0.2, 0) is 0 Å². The summed E-state index contributed by atoms with van der Waals surface area (Å²) in [6, 6.07) is 13.7. The van der Waals surface area contributed by atoms with Crippen molar-refractivity contribution in [3.63, 3.8) is 0 Å². The molecule has 3 N–H and O–H groups in total. The molecule has 25 heavy (non-hydrogen) atoms. The van der Waals surface area contributed by atoms with Gasteiger partial charge in [0.15, 0.2) is 0 Å². The Kier molecular flexibility index (Phi) is 3.43. The number of benzene rings is 2. The van der Waals surface area contributed by atoms with Crippen molar-refractivity contribution in [2.24, 2.45) is 4.99 Å². The fraction of sp³-hybridized carbons (Fsp3) is 0. The highest BCUT2D eigenvalue weighted by atomic mass is 16.3. The van der Waals surface area contributed by atoms with Crippen molar-refractivity contribution in [3.05, 3.63) is 70.6 Å². The van der Waals surface area contributed by atoms with Gasteiger partial charge in [-0.2, -0.15) is 0 Å². The second kappa shape index (κ2) is 5.76. The quantitative estimate of drug-likeness (QED) is 0.491. The van der Waals surface area contributed by atoms with Crippen molar-refractivity contribution >= 4 is 33.6 Å². The van der Waals surface area contributed by atoms with Crippen LogP contribution in [0.1, 0.15) is 5.56 Å². The van der Waals surface area contributed by atoms with Crippen molar-refractivity contribution in [2.75, 3.05) is 0 Å². The molecule has 0 bridgehead atoms. The summed E-state index contributed by atoms with van der Waals surface area (Å²) in [5.74, 6) is -0.166. The second-order valence-corrected chi connectivity index (χ2v) is 5.52. The first-order valence-electron chi connectivity index (χ1n) is 7.60. The van der Waals surface area contributed by atoms with Crippen LogP contribution in [0.4, 0.5) is 5.69 Å². The summed E-state index contributed by atoms with van der Waals surface area (Å²) >= 11 is 0. The highest BCUT2D eigenvalue weighted by Crippen LogP contribution is 2.31. The molecule has 6 nitrogen and oxygen atoms in total. The Hall–Kier alpha value is -3.67. The van der Waals surface area contributed by atoms with Gasteiger partial charge in [-0.3, -0.25) is 19.8 Å². The molecule has 0 saturated carbocycles. The molecule has 2 heterocycles. The lowest BCUT2D eigenvalue weighted by atomic mass is 10.1. The average Bonchev–Trinajstić information content (AvgIpc) is 2.63. The predicted molar refractivity (Wildman–Crippen MR) is 96.9 cm³/mol. The molecule has 0 saturated heterocycles. The van der Waals surface area contributed by atoms with Crippen LogP contribution in [0.3, 0.4) is 0 Å². The molecule has 2 aromatic heterocycles. The maximum absolute atomic E-state index is 11.9. The van der Waals surface area contributed by atoms with E-state index in [-0.39, 0.29) is 17.2 Å². The Balaban J connectivity index is 1.91. The van der Waals surface area contributed by atoms with Crippen LogP contribution in [0, 0.1) is 0 Å². The Morgan fingerprint density at radius 1 is 0.960 bits per heavy atom. The van der Waals surface area contributed by atoms with E-state index in [9.17, 15) is 15.0 Å². The number of hydrogen-bond donors (Lipinski definition) is 3. The van der Waals surface area contributed by atoms with Gasteiger partial charge in [0, 0.05) is 28.6 Å². The number of fused-ring (bicyclic) bond motifs is 2.